The van der Waals surface area contributed by atoms with Gasteiger partial charge in [-0.2, -0.15) is 0 Å². The highest BCUT2D eigenvalue weighted by atomic mass is 16.1. The van der Waals surface area contributed by atoms with E-state index in [9.17, 15) is 9.59 Å². The van der Waals surface area contributed by atoms with Crippen LogP contribution >= 0.6 is 0 Å². The molecule has 0 fully saturated rings. The first-order chi connectivity index (χ1) is 10.0. The van der Waals surface area contributed by atoms with Crippen LogP contribution in [0, 0.1) is 12.3 Å². The average Bonchev–Trinajstić information content (AvgIpc) is 2.49. The van der Waals surface area contributed by atoms with Gasteiger partial charge in [-0.05, 0) is 30.2 Å². The van der Waals surface area contributed by atoms with Gasteiger partial charge in [0.25, 0.3) is 0 Å². The number of nitrogens with two attached hydrogens (primary N) is 1. The molecule has 2 aromatic carbocycles. The molecule has 0 heterocycles. The molecule has 1 amide bonds. The van der Waals surface area contributed by atoms with Crippen molar-refractivity contribution in [3.8, 4) is 0 Å². The third kappa shape index (κ3) is 3.23. The van der Waals surface area contributed by atoms with E-state index in [0.29, 0.717) is 28.8 Å². The summed E-state index contributed by atoms with van der Waals surface area (Å²) in [5, 5.41) is 8.19. The second-order valence-corrected chi connectivity index (χ2v) is 4.87. The van der Waals surface area contributed by atoms with E-state index in [4.69, 9.17) is 11.1 Å². The van der Waals surface area contributed by atoms with Crippen molar-refractivity contribution in [3.63, 3.8) is 0 Å². The lowest BCUT2D eigenvalue weighted by atomic mass is 9.96. The number of rotatable bonds is 5. The van der Waals surface area contributed by atoms with E-state index in [1.165, 1.54) is 0 Å². The lowest BCUT2D eigenvalue weighted by Crippen LogP contribution is -2.17. The minimum atomic E-state index is -0.548. The first kappa shape index (κ1) is 14.7. The number of nitrogens with one attached hydrogen (secondary N) is 1. The van der Waals surface area contributed by atoms with Gasteiger partial charge in [0.05, 0.1) is 0 Å². The maximum Gasteiger partial charge on any atom is 0.249 e. The third-order valence-corrected chi connectivity index (χ3v) is 3.37. The Kier molecular flexibility index (Phi) is 4.28. The highest BCUT2D eigenvalue weighted by Crippen LogP contribution is 2.15. The number of carbonyl (C=O) groups is 2. The quantitative estimate of drug-likeness (QED) is 0.651. The number of amides is 1. The molecule has 0 aliphatic heterocycles. The summed E-state index contributed by atoms with van der Waals surface area (Å²) in [5.74, 6) is -0.548. The van der Waals surface area contributed by atoms with Gasteiger partial charge in [0, 0.05) is 28.8 Å². The normalized spacial score (nSPS) is 10.1. The van der Waals surface area contributed by atoms with Crippen LogP contribution in [-0.2, 0) is 6.42 Å². The Labute approximate surface area is 123 Å². The number of aryl methyl sites for hydroxylation is 1. The highest BCUT2D eigenvalue weighted by molar-refractivity contribution is 6.09. The first-order valence-corrected chi connectivity index (χ1v) is 6.54. The zero-order valence-electron chi connectivity index (χ0n) is 11.7. The maximum absolute atomic E-state index is 11.4. The molecule has 0 unspecified atom stereocenters. The zero-order chi connectivity index (χ0) is 15.4. The van der Waals surface area contributed by atoms with E-state index in [-0.39, 0.29) is 0 Å². The molecule has 0 atom stereocenters. The largest absolute Gasteiger partial charge is 0.366 e. The first-order valence-electron chi connectivity index (χ1n) is 6.54. The fourth-order valence-electron chi connectivity index (χ4n) is 2.19. The summed E-state index contributed by atoms with van der Waals surface area (Å²) in [6.45, 7) is 1.86. The standard InChI is InChI=1S/C17H16N2O2/c1-11-6-7-12(8-13(11)10-20)9-16(18)14-4-2-3-5-15(14)17(19)21/h2-8,10,18H,9H2,1H3,(H2,19,21). The lowest BCUT2D eigenvalue weighted by molar-refractivity contribution is 0.0999. The molecule has 0 radical (unpaired) electrons. The summed E-state index contributed by atoms with van der Waals surface area (Å²) in [4.78, 5) is 22.4. The molecule has 0 saturated heterocycles. The van der Waals surface area contributed by atoms with E-state index in [1.807, 2.05) is 19.1 Å². The molecule has 0 aliphatic rings. The van der Waals surface area contributed by atoms with E-state index < -0.39 is 5.91 Å². The molecular formula is C17H16N2O2. The Balaban J connectivity index is 2.30. The van der Waals surface area contributed by atoms with Gasteiger partial charge in [-0.1, -0.05) is 30.3 Å². The topological polar surface area (TPSA) is 84.0 Å². The van der Waals surface area contributed by atoms with Crippen LogP contribution in [0.1, 0.15) is 37.4 Å². The van der Waals surface area contributed by atoms with E-state index in [1.54, 1.807) is 30.3 Å². The predicted octanol–water partition coefficient (Wildman–Crippen LogP) is 2.52. The molecule has 4 nitrogen and oxygen atoms in total. The van der Waals surface area contributed by atoms with Gasteiger partial charge in [0.15, 0.2) is 0 Å². The Morgan fingerprint density at radius 1 is 1.19 bits per heavy atom. The third-order valence-electron chi connectivity index (χ3n) is 3.37. The summed E-state index contributed by atoms with van der Waals surface area (Å²) in [6.07, 6.45) is 1.14. The molecule has 3 N–H and O–H groups in total. The molecule has 2 aromatic rings. The Morgan fingerprint density at radius 2 is 1.86 bits per heavy atom. The predicted molar refractivity (Wildman–Crippen MR) is 82.1 cm³/mol. The highest BCUT2D eigenvalue weighted by Gasteiger charge is 2.12. The van der Waals surface area contributed by atoms with Gasteiger partial charge in [0.2, 0.25) is 5.91 Å². The van der Waals surface area contributed by atoms with Crippen molar-refractivity contribution < 1.29 is 9.59 Å². The smallest absolute Gasteiger partial charge is 0.249 e. The zero-order valence-corrected chi connectivity index (χ0v) is 11.7. The van der Waals surface area contributed by atoms with Crippen LogP contribution in [0.4, 0.5) is 0 Å². The molecule has 0 spiro atoms. The number of aldehydes is 1. The van der Waals surface area contributed by atoms with Gasteiger partial charge < -0.3 is 11.1 Å². The lowest BCUT2D eigenvalue weighted by Gasteiger charge is -2.09. The SMILES string of the molecule is Cc1ccc(CC(=N)c2ccccc2C(N)=O)cc1C=O. The van der Waals surface area contributed by atoms with Crippen LogP contribution < -0.4 is 5.73 Å². The monoisotopic (exact) mass is 280 g/mol. The number of primary amides is 1. The van der Waals surface area contributed by atoms with Gasteiger partial charge >= 0.3 is 0 Å². The number of hydrogen-bond acceptors (Lipinski definition) is 3. The van der Waals surface area contributed by atoms with Crippen LogP contribution in [0.2, 0.25) is 0 Å². The molecule has 2 rings (SSSR count). The summed E-state index contributed by atoms with van der Waals surface area (Å²) in [5.41, 5.74) is 8.86. The summed E-state index contributed by atoms with van der Waals surface area (Å²) in [6, 6.07) is 12.3. The van der Waals surface area contributed by atoms with Gasteiger partial charge in [0.1, 0.15) is 6.29 Å². The molecule has 106 valence electrons. The summed E-state index contributed by atoms with van der Waals surface area (Å²) >= 11 is 0. The van der Waals surface area contributed by atoms with Crippen molar-refractivity contribution in [2.45, 2.75) is 13.3 Å². The van der Waals surface area contributed by atoms with Crippen molar-refractivity contribution in [3.05, 3.63) is 70.3 Å². The van der Waals surface area contributed by atoms with Gasteiger partial charge in [-0.15, -0.1) is 0 Å². The second kappa shape index (κ2) is 6.13. The maximum atomic E-state index is 11.4. The average molecular weight is 280 g/mol. The minimum absolute atomic E-state index is 0.296. The molecule has 21 heavy (non-hydrogen) atoms. The van der Waals surface area contributed by atoms with Crippen LogP contribution in [0.25, 0.3) is 0 Å². The Bertz CT molecular complexity index is 720. The molecule has 4 heteroatoms. The minimum Gasteiger partial charge on any atom is -0.366 e. The van der Waals surface area contributed by atoms with Crippen molar-refractivity contribution in [2.24, 2.45) is 5.73 Å². The number of carbonyl (C=O) groups excluding carboxylic acids is 2. The van der Waals surface area contributed by atoms with E-state index in [0.717, 1.165) is 17.4 Å². The van der Waals surface area contributed by atoms with Crippen LogP contribution in [0.3, 0.4) is 0 Å². The Hall–Kier alpha value is -2.75. The molecule has 0 aromatic heterocycles. The van der Waals surface area contributed by atoms with Crippen LogP contribution in [0.5, 0.6) is 0 Å². The van der Waals surface area contributed by atoms with Crippen molar-refractivity contribution in [1.82, 2.24) is 0 Å². The van der Waals surface area contributed by atoms with Gasteiger partial charge in [-0.25, -0.2) is 0 Å². The molecule has 0 aliphatic carbocycles. The van der Waals surface area contributed by atoms with Crippen molar-refractivity contribution in [2.75, 3.05) is 0 Å². The van der Waals surface area contributed by atoms with E-state index in [2.05, 4.69) is 0 Å². The van der Waals surface area contributed by atoms with Crippen LogP contribution in [0.15, 0.2) is 42.5 Å². The fraction of sp³-hybridized carbons (Fsp3) is 0.118. The van der Waals surface area contributed by atoms with Crippen molar-refractivity contribution >= 4 is 17.9 Å². The molecule has 0 bridgehead atoms. The number of hydrogen-bond donors (Lipinski definition) is 2. The summed E-state index contributed by atoms with van der Waals surface area (Å²) in [7, 11) is 0. The molecule has 0 saturated carbocycles. The summed E-state index contributed by atoms with van der Waals surface area (Å²) < 4.78 is 0. The van der Waals surface area contributed by atoms with Crippen molar-refractivity contribution in [1.29, 1.82) is 5.41 Å². The van der Waals surface area contributed by atoms with E-state index >= 15 is 0 Å². The van der Waals surface area contributed by atoms with Gasteiger partial charge in [-0.3, -0.25) is 9.59 Å². The molecular weight excluding hydrogens is 264 g/mol. The fourth-order valence-corrected chi connectivity index (χ4v) is 2.19. The van der Waals surface area contributed by atoms with Crippen LogP contribution in [-0.4, -0.2) is 17.9 Å². The number of benzene rings is 2. The Morgan fingerprint density at radius 3 is 2.48 bits per heavy atom. The second-order valence-electron chi connectivity index (χ2n) is 4.87.